The van der Waals surface area contributed by atoms with Crippen LogP contribution >= 0.6 is 0 Å². The van der Waals surface area contributed by atoms with Gasteiger partial charge >= 0.3 is 0 Å². The largest absolute Gasteiger partial charge is 0.496 e. The highest BCUT2D eigenvalue weighted by Crippen LogP contribution is 2.26. The number of ether oxygens (including phenoxy) is 1. The van der Waals surface area contributed by atoms with E-state index in [-0.39, 0.29) is 0 Å². The zero-order chi connectivity index (χ0) is 14.8. The van der Waals surface area contributed by atoms with Gasteiger partial charge in [-0.2, -0.15) is 10.2 Å². The molecule has 1 N–H and O–H groups in total. The summed E-state index contributed by atoms with van der Waals surface area (Å²) in [5.74, 6) is 1.65. The molecule has 6 nitrogen and oxygen atoms in total. The van der Waals surface area contributed by atoms with Crippen LogP contribution < -0.4 is 4.74 Å². The van der Waals surface area contributed by atoms with Crippen molar-refractivity contribution in [2.75, 3.05) is 7.11 Å². The number of aromatic nitrogens is 3. The average Bonchev–Trinajstić information content (AvgIpc) is 3.15. The lowest BCUT2D eigenvalue weighted by molar-refractivity contribution is 0.411. The van der Waals surface area contributed by atoms with Crippen LogP contribution in [0, 0.1) is 18.3 Å². The Labute approximate surface area is 121 Å². The number of aryl methyl sites for hydroxylation is 1. The molecule has 0 saturated carbocycles. The first-order chi connectivity index (χ1) is 10.2. The van der Waals surface area contributed by atoms with Gasteiger partial charge in [0.1, 0.15) is 17.5 Å². The lowest BCUT2D eigenvalue weighted by Gasteiger charge is -2.04. The highest BCUT2D eigenvalue weighted by molar-refractivity contribution is 5.61. The van der Waals surface area contributed by atoms with Crippen LogP contribution in [0.15, 0.2) is 35.0 Å². The van der Waals surface area contributed by atoms with Gasteiger partial charge in [0.05, 0.1) is 12.7 Å². The predicted molar refractivity (Wildman–Crippen MR) is 75.5 cm³/mol. The average molecular weight is 280 g/mol. The van der Waals surface area contributed by atoms with Gasteiger partial charge in [-0.25, -0.2) is 0 Å². The molecule has 0 unspecified atom stereocenters. The number of nitriles is 1. The van der Waals surface area contributed by atoms with Crippen LogP contribution in [0.2, 0.25) is 0 Å². The normalized spacial score (nSPS) is 10.3. The molecule has 0 atom stereocenters. The molecule has 0 spiro atoms. The number of aromatic amines is 1. The molecule has 2 aromatic heterocycles. The van der Waals surface area contributed by atoms with Crippen LogP contribution in [0.25, 0.3) is 23.0 Å². The molecule has 3 rings (SSSR count). The van der Waals surface area contributed by atoms with Crippen LogP contribution in [0.1, 0.15) is 11.1 Å². The van der Waals surface area contributed by atoms with E-state index in [1.807, 2.05) is 31.2 Å². The Morgan fingerprint density at radius 1 is 1.33 bits per heavy atom. The third-order valence-corrected chi connectivity index (χ3v) is 3.12. The van der Waals surface area contributed by atoms with Crippen molar-refractivity contribution in [3.05, 3.63) is 41.6 Å². The van der Waals surface area contributed by atoms with E-state index in [1.54, 1.807) is 19.4 Å². The Hall–Kier alpha value is -3.07. The van der Waals surface area contributed by atoms with Crippen molar-refractivity contribution in [1.29, 1.82) is 5.26 Å². The van der Waals surface area contributed by atoms with Crippen LogP contribution in [0.4, 0.5) is 0 Å². The van der Waals surface area contributed by atoms with Crippen molar-refractivity contribution in [3.63, 3.8) is 0 Å². The molecule has 0 saturated heterocycles. The van der Waals surface area contributed by atoms with Gasteiger partial charge in [-0.1, -0.05) is 5.16 Å². The molecular weight excluding hydrogens is 268 g/mol. The molecule has 2 heterocycles. The Balaban J connectivity index is 1.94. The summed E-state index contributed by atoms with van der Waals surface area (Å²) in [6, 6.07) is 9.37. The molecule has 104 valence electrons. The molecule has 6 heteroatoms. The maximum Gasteiger partial charge on any atom is 0.274 e. The summed E-state index contributed by atoms with van der Waals surface area (Å²) in [5, 5.41) is 12.8. The second kappa shape index (κ2) is 5.13. The summed E-state index contributed by atoms with van der Waals surface area (Å²) >= 11 is 0. The molecule has 3 aromatic rings. The fourth-order valence-electron chi connectivity index (χ4n) is 2.05. The third-order valence-electron chi connectivity index (χ3n) is 3.12. The molecule has 0 fully saturated rings. The molecule has 0 aliphatic rings. The minimum absolute atomic E-state index is 0.347. The van der Waals surface area contributed by atoms with Gasteiger partial charge in [0.25, 0.3) is 5.89 Å². The number of benzene rings is 1. The fourth-order valence-corrected chi connectivity index (χ4v) is 2.05. The van der Waals surface area contributed by atoms with Gasteiger partial charge in [0.15, 0.2) is 0 Å². The van der Waals surface area contributed by atoms with Gasteiger partial charge in [0, 0.05) is 11.8 Å². The second-order valence-electron chi connectivity index (χ2n) is 4.52. The van der Waals surface area contributed by atoms with Gasteiger partial charge in [-0.15, -0.1) is 0 Å². The van der Waals surface area contributed by atoms with Gasteiger partial charge in [-0.05, 0) is 36.8 Å². The zero-order valence-corrected chi connectivity index (χ0v) is 11.5. The Bertz CT molecular complexity index is 826. The summed E-state index contributed by atoms with van der Waals surface area (Å²) in [6.45, 7) is 1.95. The predicted octanol–water partition coefficient (Wildman–Crippen LogP) is 2.92. The standard InChI is InChI=1S/C15H12N4O2/c1-9-5-11(3-4-13(9)20-2)14-18-15(21-19-14)12-6-10(7-16)8-17-12/h3-6,8,17H,1-2H3. The highest BCUT2D eigenvalue weighted by atomic mass is 16.5. The maximum atomic E-state index is 8.81. The Morgan fingerprint density at radius 2 is 2.19 bits per heavy atom. The first-order valence-corrected chi connectivity index (χ1v) is 6.29. The molecule has 0 aliphatic heterocycles. The molecule has 21 heavy (non-hydrogen) atoms. The van der Waals surface area contributed by atoms with Crippen molar-refractivity contribution in [2.24, 2.45) is 0 Å². The van der Waals surface area contributed by atoms with Crippen molar-refractivity contribution >= 4 is 0 Å². The number of nitrogens with zero attached hydrogens (tertiary/aromatic N) is 3. The van der Waals surface area contributed by atoms with Crippen molar-refractivity contribution in [3.8, 4) is 34.8 Å². The first kappa shape index (κ1) is 12.9. The highest BCUT2D eigenvalue weighted by Gasteiger charge is 2.13. The lowest BCUT2D eigenvalue weighted by atomic mass is 10.1. The van der Waals surface area contributed by atoms with Gasteiger partial charge in [-0.3, -0.25) is 0 Å². The van der Waals surface area contributed by atoms with Gasteiger partial charge < -0.3 is 14.2 Å². The van der Waals surface area contributed by atoms with E-state index in [0.717, 1.165) is 16.9 Å². The summed E-state index contributed by atoms with van der Waals surface area (Å²) in [7, 11) is 1.63. The first-order valence-electron chi connectivity index (χ1n) is 6.29. The smallest absolute Gasteiger partial charge is 0.274 e. The summed E-state index contributed by atoms with van der Waals surface area (Å²) in [6.07, 6.45) is 1.59. The lowest BCUT2D eigenvalue weighted by Crippen LogP contribution is -1.88. The monoisotopic (exact) mass is 280 g/mol. The van der Waals surface area contributed by atoms with Crippen LogP contribution in [-0.2, 0) is 0 Å². The molecule has 0 aliphatic carbocycles. The minimum atomic E-state index is 0.347. The molecule has 0 radical (unpaired) electrons. The Kier molecular flexibility index (Phi) is 3.16. The quantitative estimate of drug-likeness (QED) is 0.796. The zero-order valence-electron chi connectivity index (χ0n) is 11.5. The number of H-pyrrole nitrogens is 1. The number of methoxy groups -OCH3 is 1. The summed E-state index contributed by atoms with van der Waals surface area (Å²) in [5.41, 5.74) is 2.98. The van der Waals surface area contributed by atoms with E-state index < -0.39 is 0 Å². The van der Waals surface area contributed by atoms with E-state index in [2.05, 4.69) is 15.1 Å². The molecule has 0 bridgehead atoms. The minimum Gasteiger partial charge on any atom is -0.496 e. The Morgan fingerprint density at radius 3 is 2.86 bits per heavy atom. The number of rotatable bonds is 3. The SMILES string of the molecule is COc1ccc(-c2noc(-c3cc(C#N)c[nH]3)n2)cc1C. The van der Waals surface area contributed by atoms with Crippen molar-refractivity contribution in [2.45, 2.75) is 6.92 Å². The topological polar surface area (TPSA) is 87.7 Å². The molecular formula is C15H12N4O2. The molecule has 1 aromatic carbocycles. The van der Waals surface area contributed by atoms with E-state index >= 15 is 0 Å². The molecule has 0 amide bonds. The van der Waals surface area contributed by atoms with E-state index in [1.165, 1.54) is 0 Å². The van der Waals surface area contributed by atoms with E-state index in [4.69, 9.17) is 14.5 Å². The van der Waals surface area contributed by atoms with Crippen LogP contribution in [0.5, 0.6) is 5.75 Å². The number of hydrogen-bond donors (Lipinski definition) is 1. The van der Waals surface area contributed by atoms with E-state index in [0.29, 0.717) is 23.0 Å². The van der Waals surface area contributed by atoms with Crippen molar-refractivity contribution in [1.82, 2.24) is 15.1 Å². The van der Waals surface area contributed by atoms with Crippen molar-refractivity contribution < 1.29 is 9.26 Å². The van der Waals surface area contributed by atoms with Crippen LogP contribution in [-0.4, -0.2) is 22.2 Å². The van der Waals surface area contributed by atoms with E-state index in [9.17, 15) is 0 Å². The number of nitrogens with one attached hydrogen (secondary N) is 1. The fraction of sp³-hybridized carbons (Fsp3) is 0.133. The number of hydrogen-bond acceptors (Lipinski definition) is 5. The van der Waals surface area contributed by atoms with Gasteiger partial charge in [0.2, 0.25) is 5.82 Å². The summed E-state index contributed by atoms with van der Waals surface area (Å²) < 4.78 is 10.5. The second-order valence-corrected chi connectivity index (χ2v) is 4.52. The summed E-state index contributed by atoms with van der Waals surface area (Å²) in [4.78, 5) is 7.26. The third kappa shape index (κ3) is 2.37. The van der Waals surface area contributed by atoms with Crippen LogP contribution in [0.3, 0.4) is 0 Å². The maximum absolute atomic E-state index is 8.81.